The molecule has 7 heteroatoms. The molecule has 130 valence electrons. The minimum atomic E-state index is -0.668. The zero-order chi connectivity index (χ0) is 17.3. The molecule has 2 saturated heterocycles. The van der Waals surface area contributed by atoms with Gasteiger partial charge in [0.1, 0.15) is 11.6 Å². The summed E-state index contributed by atoms with van der Waals surface area (Å²) in [7, 11) is 0. The van der Waals surface area contributed by atoms with E-state index in [1.807, 2.05) is 0 Å². The minimum Gasteiger partial charge on any atom is -0.343 e. The third-order valence-electron chi connectivity index (χ3n) is 4.68. The van der Waals surface area contributed by atoms with Crippen LogP contribution in [-0.4, -0.2) is 41.5 Å². The lowest BCUT2D eigenvalue weighted by atomic mass is 9.94. The zero-order valence-corrected chi connectivity index (χ0v) is 13.5. The number of likely N-dealkylation sites (tertiary alicyclic amines) is 1. The average molecular weight is 338 g/mol. The number of amides is 2. The van der Waals surface area contributed by atoms with E-state index in [0.29, 0.717) is 44.5 Å². The lowest BCUT2D eigenvalue weighted by molar-refractivity contribution is -0.183. The normalized spacial score (nSPS) is 22.0. The summed E-state index contributed by atoms with van der Waals surface area (Å²) in [6.45, 7) is 2.93. The highest BCUT2D eigenvalue weighted by atomic mass is 19.1. The van der Waals surface area contributed by atoms with Crippen molar-refractivity contribution in [2.75, 3.05) is 19.7 Å². The molecule has 0 saturated carbocycles. The van der Waals surface area contributed by atoms with E-state index >= 15 is 0 Å². The van der Waals surface area contributed by atoms with E-state index in [2.05, 4.69) is 0 Å². The highest BCUT2D eigenvalue weighted by Crippen LogP contribution is 2.34. The second-order valence-electron chi connectivity index (χ2n) is 6.28. The monoisotopic (exact) mass is 338 g/mol. The molecule has 1 aromatic rings. The Morgan fingerprint density at radius 2 is 1.71 bits per heavy atom. The molecule has 0 spiro atoms. The van der Waals surface area contributed by atoms with E-state index in [9.17, 15) is 18.4 Å². The van der Waals surface area contributed by atoms with Crippen molar-refractivity contribution in [3.05, 3.63) is 35.4 Å². The molecule has 0 N–H and O–H groups in total. The fourth-order valence-electron chi connectivity index (χ4n) is 3.38. The van der Waals surface area contributed by atoms with Crippen LogP contribution in [0.4, 0.5) is 8.78 Å². The largest absolute Gasteiger partial charge is 0.343 e. The lowest BCUT2D eigenvalue weighted by Gasteiger charge is -2.33. The van der Waals surface area contributed by atoms with Gasteiger partial charge in [0.15, 0.2) is 0 Å². The number of hydroxylamine groups is 2. The Hall–Kier alpha value is -2.02. The first-order chi connectivity index (χ1) is 11.5. The Kier molecular flexibility index (Phi) is 4.80. The number of halogens is 2. The second kappa shape index (κ2) is 6.84. The predicted molar refractivity (Wildman–Crippen MR) is 81.5 cm³/mol. The van der Waals surface area contributed by atoms with Crippen molar-refractivity contribution in [1.29, 1.82) is 0 Å². The van der Waals surface area contributed by atoms with Gasteiger partial charge in [-0.05, 0) is 30.5 Å². The van der Waals surface area contributed by atoms with Crippen molar-refractivity contribution in [1.82, 2.24) is 9.96 Å². The Morgan fingerprint density at radius 3 is 2.29 bits per heavy atom. The molecule has 2 amide bonds. The van der Waals surface area contributed by atoms with Crippen molar-refractivity contribution in [3.63, 3.8) is 0 Å². The van der Waals surface area contributed by atoms with Gasteiger partial charge in [-0.15, -0.1) is 0 Å². The van der Waals surface area contributed by atoms with E-state index in [1.165, 1.54) is 24.1 Å². The van der Waals surface area contributed by atoms with Crippen molar-refractivity contribution in [3.8, 4) is 0 Å². The SMILES string of the molecule is CC(=O)N1CCC(C(=O)N2OCC[C@H]2c2cc(F)cc(F)c2)CC1. The summed E-state index contributed by atoms with van der Waals surface area (Å²) in [5.74, 6) is -1.74. The maximum atomic E-state index is 13.5. The van der Waals surface area contributed by atoms with E-state index in [4.69, 9.17) is 4.84 Å². The van der Waals surface area contributed by atoms with Gasteiger partial charge in [-0.2, -0.15) is 0 Å². The second-order valence-corrected chi connectivity index (χ2v) is 6.28. The van der Waals surface area contributed by atoms with Crippen LogP contribution < -0.4 is 0 Å². The van der Waals surface area contributed by atoms with Gasteiger partial charge >= 0.3 is 0 Å². The Labute approximate surface area is 139 Å². The van der Waals surface area contributed by atoms with Gasteiger partial charge in [-0.1, -0.05) is 0 Å². The van der Waals surface area contributed by atoms with Gasteiger partial charge in [0.25, 0.3) is 0 Å². The summed E-state index contributed by atoms with van der Waals surface area (Å²) in [6.07, 6.45) is 1.64. The number of carbonyl (C=O) groups excluding carboxylic acids is 2. The van der Waals surface area contributed by atoms with Gasteiger partial charge in [-0.3, -0.25) is 14.4 Å². The Bertz CT molecular complexity index is 624. The Morgan fingerprint density at radius 1 is 1.08 bits per heavy atom. The highest BCUT2D eigenvalue weighted by Gasteiger charge is 2.37. The topological polar surface area (TPSA) is 49.9 Å². The number of piperidine rings is 1. The van der Waals surface area contributed by atoms with Gasteiger partial charge in [0, 0.05) is 38.4 Å². The van der Waals surface area contributed by atoms with Crippen molar-refractivity contribution >= 4 is 11.8 Å². The van der Waals surface area contributed by atoms with E-state index < -0.39 is 17.7 Å². The summed E-state index contributed by atoms with van der Waals surface area (Å²) >= 11 is 0. The minimum absolute atomic E-state index is 0.00596. The maximum absolute atomic E-state index is 13.5. The van der Waals surface area contributed by atoms with E-state index in [1.54, 1.807) is 4.90 Å². The standard InChI is InChI=1S/C17H20F2N2O3/c1-11(22)20-5-2-12(3-6-20)17(23)21-16(4-7-24-21)13-8-14(18)10-15(19)9-13/h8-10,12,16H,2-7H2,1H3/t16-/m0/s1. The molecule has 2 fully saturated rings. The quantitative estimate of drug-likeness (QED) is 0.832. The molecule has 0 aromatic heterocycles. The van der Waals surface area contributed by atoms with Crippen LogP contribution in [0.2, 0.25) is 0 Å². The molecule has 2 aliphatic rings. The van der Waals surface area contributed by atoms with Crippen LogP contribution in [0.3, 0.4) is 0 Å². The maximum Gasteiger partial charge on any atom is 0.249 e. The molecule has 0 radical (unpaired) electrons. The molecule has 2 aliphatic heterocycles. The van der Waals surface area contributed by atoms with Crippen LogP contribution in [0.25, 0.3) is 0 Å². The fourth-order valence-corrected chi connectivity index (χ4v) is 3.38. The summed E-state index contributed by atoms with van der Waals surface area (Å²) in [4.78, 5) is 31.3. The van der Waals surface area contributed by atoms with Gasteiger partial charge < -0.3 is 4.90 Å². The first-order valence-corrected chi connectivity index (χ1v) is 8.13. The summed E-state index contributed by atoms with van der Waals surface area (Å²) in [5.41, 5.74) is 0.402. The van der Waals surface area contributed by atoms with Crippen molar-refractivity contribution in [2.45, 2.75) is 32.2 Å². The zero-order valence-electron chi connectivity index (χ0n) is 13.5. The number of hydrogen-bond acceptors (Lipinski definition) is 3. The smallest absolute Gasteiger partial charge is 0.249 e. The van der Waals surface area contributed by atoms with E-state index in [-0.39, 0.29) is 17.7 Å². The summed E-state index contributed by atoms with van der Waals surface area (Å²) in [5, 5.41) is 1.27. The first kappa shape index (κ1) is 16.8. The van der Waals surface area contributed by atoms with Crippen LogP contribution in [0.15, 0.2) is 18.2 Å². The molecule has 5 nitrogen and oxygen atoms in total. The molecule has 0 bridgehead atoms. The number of rotatable bonds is 2. The van der Waals surface area contributed by atoms with Crippen LogP contribution in [0.1, 0.15) is 37.8 Å². The van der Waals surface area contributed by atoms with Crippen LogP contribution in [-0.2, 0) is 14.4 Å². The van der Waals surface area contributed by atoms with Crippen LogP contribution in [0.5, 0.6) is 0 Å². The van der Waals surface area contributed by atoms with Crippen LogP contribution in [0, 0.1) is 17.6 Å². The molecule has 3 rings (SSSR count). The third-order valence-corrected chi connectivity index (χ3v) is 4.68. The molecule has 0 unspecified atom stereocenters. The first-order valence-electron chi connectivity index (χ1n) is 8.13. The van der Waals surface area contributed by atoms with Crippen LogP contribution >= 0.6 is 0 Å². The molecule has 2 heterocycles. The molecule has 0 aliphatic carbocycles. The van der Waals surface area contributed by atoms with Crippen molar-refractivity contribution in [2.24, 2.45) is 5.92 Å². The van der Waals surface area contributed by atoms with Gasteiger partial charge in [0.2, 0.25) is 11.8 Å². The highest BCUT2D eigenvalue weighted by molar-refractivity contribution is 5.79. The molecule has 1 atom stereocenters. The molecule has 1 aromatic carbocycles. The summed E-state index contributed by atoms with van der Waals surface area (Å²) in [6, 6.07) is 2.80. The van der Waals surface area contributed by atoms with Gasteiger partial charge in [-0.25, -0.2) is 13.8 Å². The van der Waals surface area contributed by atoms with E-state index in [0.717, 1.165) is 6.07 Å². The average Bonchev–Trinajstić information content (AvgIpc) is 3.03. The fraction of sp³-hybridized carbons (Fsp3) is 0.529. The lowest BCUT2D eigenvalue weighted by Crippen LogP contribution is -2.43. The predicted octanol–water partition coefficient (Wildman–Crippen LogP) is 2.43. The Balaban J connectivity index is 1.71. The molecule has 24 heavy (non-hydrogen) atoms. The summed E-state index contributed by atoms with van der Waals surface area (Å²) < 4.78 is 26.9. The molecular weight excluding hydrogens is 318 g/mol. The van der Waals surface area contributed by atoms with Gasteiger partial charge in [0.05, 0.1) is 12.6 Å². The molecular formula is C17H20F2N2O3. The number of benzene rings is 1. The van der Waals surface area contributed by atoms with Crippen molar-refractivity contribution < 1.29 is 23.2 Å². The third kappa shape index (κ3) is 3.40. The number of hydrogen-bond donors (Lipinski definition) is 0. The number of nitrogens with zero attached hydrogens (tertiary/aromatic N) is 2. The number of carbonyl (C=O) groups is 2.